The van der Waals surface area contributed by atoms with E-state index in [1.807, 2.05) is 65.0 Å². The van der Waals surface area contributed by atoms with Gasteiger partial charge in [0.1, 0.15) is 6.10 Å². The van der Waals surface area contributed by atoms with E-state index in [1.165, 1.54) is 0 Å². The van der Waals surface area contributed by atoms with Gasteiger partial charge < -0.3 is 19.3 Å². The molecule has 1 spiro atoms. The molecule has 4 aliphatic carbocycles. The second kappa shape index (κ2) is 7.89. The first-order valence-electron chi connectivity index (χ1n) is 13.9. The highest BCUT2D eigenvalue weighted by Gasteiger charge is 2.77. The highest BCUT2D eigenvalue weighted by atomic mass is 16.7. The van der Waals surface area contributed by atoms with E-state index >= 15 is 0 Å². The van der Waals surface area contributed by atoms with Crippen LogP contribution in [0.1, 0.15) is 69.4 Å². The van der Waals surface area contributed by atoms with Gasteiger partial charge >= 0.3 is 5.97 Å². The lowest BCUT2D eigenvalue weighted by Gasteiger charge is -2.52. The van der Waals surface area contributed by atoms with Gasteiger partial charge in [-0.3, -0.25) is 4.79 Å². The lowest BCUT2D eigenvalue weighted by Crippen LogP contribution is -2.68. The number of allylic oxidation sites excluding steroid dienone is 1. The summed E-state index contributed by atoms with van der Waals surface area (Å²) in [5.41, 5.74) is 0.560. The number of Topliss-reactive ketones (excluding diaryl/α,β-unsaturated/α-hetero) is 1. The molecule has 1 aromatic carbocycles. The molecule has 6 nitrogen and oxygen atoms in total. The van der Waals surface area contributed by atoms with Gasteiger partial charge in [-0.05, 0) is 86.5 Å². The van der Waals surface area contributed by atoms with Crippen molar-refractivity contribution in [3.63, 3.8) is 0 Å². The Hall–Kier alpha value is -2.28. The highest BCUT2D eigenvalue weighted by Crippen LogP contribution is 2.72. The third kappa shape index (κ3) is 3.17. The van der Waals surface area contributed by atoms with Crippen molar-refractivity contribution >= 4 is 11.8 Å². The van der Waals surface area contributed by atoms with Gasteiger partial charge in [-0.2, -0.15) is 0 Å². The van der Waals surface area contributed by atoms with Crippen molar-refractivity contribution in [3.8, 4) is 0 Å². The molecule has 204 valence electrons. The van der Waals surface area contributed by atoms with Crippen molar-refractivity contribution in [2.75, 3.05) is 6.61 Å². The average Bonchev–Trinajstić information content (AvgIpc) is 3.31. The molecule has 0 amide bonds. The maximum atomic E-state index is 14.8. The number of carbonyl (C=O) groups is 2. The fraction of sp³-hybridized carbons (Fsp3) is 0.625. The quantitative estimate of drug-likeness (QED) is 0.432. The summed E-state index contributed by atoms with van der Waals surface area (Å²) in [7, 11) is 0. The molecule has 6 rings (SSSR count). The minimum Gasteiger partial charge on any atom is -0.451 e. The van der Waals surface area contributed by atoms with Crippen molar-refractivity contribution in [3.05, 3.63) is 58.2 Å². The number of esters is 1. The van der Waals surface area contributed by atoms with E-state index in [-0.39, 0.29) is 35.6 Å². The van der Waals surface area contributed by atoms with Crippen LogP contribution in [-0.4, -0.2) is 47.1 Å². The first-order chi connectivity index (χ1) is 17.7. The molecule has 8 atom stereocenters. The number of ether oxygens (including phenoxy) is 3. The van der Waals surface area contributed by atoms with Gasteiger partial charge in [-0.15, -0.1) is 0 Å². The van der Waals surface area contributed by atoms with Gasteiger partial charge in [0, 0.05) is 5.92 Å². The van der Waals surface area contributed by atoms with Crippen LogP contribution in [0.25, 0.3) is 0 Å². The summed E-state index contributed by atoms with van der Waals surface area (Å²) in [4.78, 5) is 28.5. The van der Waals surface area contributed by atoms with Crippen molar-refractivity contribution in [1.82, 2.24) is 0 Å². The number of carbonyl (C=O) groups excluding carboxylic acids is 2. The molecule has 0 aromatic heterocycles. The second-order valence-electron chi connectivity index (χ2n) is 13.5. The zero-order chi connectivity index (χ0) is 27.6. The molecule has 2 unspecified atom stereocenters. The Labute approximate surface area is 225 Å². The van der Waals surface area contributed by atoms with Crippen molar-refractivity contribution in [1.29, 1.82) is 0 Å². The molecule has 5 aliphatic rings. The number of benzene rings is 1. The molecule has 1 N–H and O–H groups in total. The second-order valence-corrected chi connectivity index (χ2v) is 13.5. The predicted octanol–water partition coefficient (Wildman–Crippen LogP) is 5.10. The topological polar surface area (TPSA) is 82.1 Å². The summed E-state index contributed by atoms with van der Waals surface area (Å²) in [5.74, 6) is -1.39. The summed E-state index contributed by atoms with van der Waals surface area (Å²) in [6, 6.07) is 5.66. The normalized spacial score (nSPS) is 42.0. The number of aliphatic hydroxyl groups is 1. The minimum absolute atomic E-state index is 0.0128. The van der Waals surface area contributed by atoms with Crippen LogP contribution in [0.2, 0.25) is 0 Å². The molecule has 38 heavy (non-hydrogen) atoms. The summed E-state index contributed by atoms with van der Waals surface area (Å²) in [6.45, 7) is 16.1. The lowest BCUT2D eigenvalue weighted by atomic mass is 9.59. The molecule has 3 fully saturated rings. The van der Waals surface area contributed by atoms with Gasteiger partial charge in [0.25, 0.3) is 0 Å². The standard InChI is InChI=1S/C32H40O6/c1-16-10-9-11-17(2)23(16)28(34)37-26-18(3)14-31-19(4)12-22-24(29(22,5)6)21(25(31)33)13-20-15-36-30(7,8)38-27(20)32(26,31)35/h9-11,13-14,19,21-22,24,26-27,35H,12,15H2,1-8H3/t19-,21+,22-,24?,26+,27?,31+,32-/m1/s1. The largest absolute Gasteiger partial charge is 0.451 e. The Kier molecular flexibility index (Phi) is 5.39. The monoisotopic (exact) mass is 520 g/mol. The van der Waals surface area contributed by atoms with Crippen molar-refractivity contribution < 1.29 is 28.9 Å². The lowest BCUT2D eigenvalue weighted by molar-refractivity contribution is -0.302. The van der Waals surface area contributed by atoms with E-state index in [9.17, 15) is 14.7 Å². The molecular formula is C32H40O6. The van der Waals surface area contributed by atoms with E-state index < -0.39 is 35.0 Å². The molecule has 6 heteroatoms. The minimum atomic E-state index is -1.80. The third-order valence-electron chi connectivity index (χ3n) is 10.6. The number of fused-ring (bicyclic) bond motifs is 5. The van der Waals surface area contributed by atoms with E-state index in [0.29, 0.717) is 17.1 Å². The molecule has 1 heterocycles. The first kappa shape index (κ1) is 26.0. The molecule has 1 aliphatic heterocycles. The summed E-state index contributed by atoms with van der Waals surface area (Å²) in [6.07, 6.45) is 2.88. The number of hydrogen-bond donors (Lipinski definition) is 1. The van der Waals surface area contributed by atoms with Crippen LogP contribution in [0.15, 0.2) is 41.5 Å². The number of rotatable bonds is 2. The summed E-state index contributed by atoms with van der Waals surface area (Å²) < 4.78 is 18.8. The highest BCUT2D eigenvalue weighted by molar-refractivity contribution is 5.96. The molecule has 1 saturated heterocycles. The Balaban J connectivity index is 1.53. The molecule has 1 aromatic rings. The van der Waals surface area contributed by atoms with Crippen molar-refractivity contribution in [2.45, 2.75) is 85.4 Å². The number of ketones is 1. The predicted molar refractivity (Wildman–Crippen MR) is 142 cm³/mol. The van der Waals surface area contributed by atoms with E-state index in [2.05, 4.69) is 20.8 Å². The van der Waals surface area contributed by atoms with E-state index in [0.717, 1.165) is 23.1 Å². The molecule has 2 saturated carbocycles. The Morgan fingerprint density at radius 3 is 2.42 bits per heavy atom. The first-order valence-corrected chi connectivity index (χ1v) is 13.9. The Morgan fingerprint density at radius 1 is 1.11 bits per heavy atom. The number of hydrogen-bond acceptors (Lipinski definition) is 6. The zero-order valence-electron chi connectivity index (χ0n) is 23.8. The van der Waals surface area contributed by atoms with Crippen LogP contribution in [-0.2, 0) is 19.0 Å². The molecule has 0 radical (unpaired) electrons. The van der Waals surface area contributed by atoms with Crippen LogP contribution < -0.4 is 0 Å². The Morgan fingerprint density at radius 2 is 1.76 bits per heavy atom. The van der Waals surface area contributed by atoms with Crippen LogP contribution in [0, 0.1) is 48.3 Å². The van der Waals surface area contributed by atoms with Crippen LogP contribution in [0.5, 0.6) is 0 Å². The average molecular weight is 521 g/mol. The summed E-state index contributed by atoms with van der Waals surface area (Å²) in [5, 5.41) is 13.1. The summed E-state index contributed by atoms with van der Waals surface area (Å²) >= 11 is 0. The third-order valence-corrected chi connectivity index (χ3v) is 10.6. The number of aryl methyl sites for hydroxylation is 2. The maximum absolute atomic E-state index is 14.8. The maximum Gasteiger partial charge on any atom is 0.339 e. The zero-order valence-corrected chi connectivity index (χ0v) is 23.8. The smallest absolute Gasteiger partial charge is 0.339 e. The van der Waals surface area contributed by atoms with Crippen LogP contribution >= 0.6 is 0 Å². The van der Waals surface area contributed by atoms with Crippen LogP contribution in [0.4, 0.5) is 0 Å². The molecular weight excluding hydrogens is 480 g/mol. The SMILES string of the molecule is CC1=C[C@]23C(=O)[C@@H](C=C4COC(C)(C)OC4[C@]2(O)[C@H]1OC(=O)c1c(C)cccc1C)C1[C@@H](C[C@H]3C)C1(C)C. The van der Waals surface area contributed by atoms with Crippen molar-refractivity contribution in [2.24, 2.45) is 34.5 Å². The van der Waals surface area contributed by atoms with Gasteiger partial charge in [0.05, 0.1) is 17.6 Å². The van der Waals surface area contributed by atoms with E-state index in [1.54, 1.807) is 0 Å². The van der Waals surface area contributed by atoms with Crippen LogP contribution in [0.3, 0.4) is 0 Å². The van der Waals surface area contributed by atoms with Gasteiger partial charge in [0.2, 0.25) is 0 Å². The van der Waals surface area contributed by atoms with E-state index in [4.69, 9.17) is 14.2 Å². The van der Waals surface area contributed by atoms with Gasteiger partial charge in [0.15, 0.2) is 23.3 Å². The van der Waals surface area contributed by atoms with Gasteiger partial charge in [-0.25, -0.2) is 4.79 Å². The Bertz CT molecular complexity index is 1280. The molecule has 2 bridgehead atoms. The van der Waals surface area contributed by atoms with Gasteiger partial charge in [-0.1, -0.05) is 51.1 Å². The fourth-order valence-electron chi connectivity index (χ4n) is 8.60. The fourth-order valence-corrected chi connectivity index (χ4v) is 8.60.